The molecule has 1 aromatic rings. The molecule has 1 saturated carbocycles. The predicted octanol–water partition coefficient (Wildman–Crippen LogP) is 2.90. The number of nitrogens with zero attached hydrogens (tertiary/aromatic N) is 2. The van der Waals surface area contributed by atoms with Gasteiger partial charge in [-0.3, -0.25) is 14.4 Å². The van der Waals surface area contributed by atoms with E-state index in [4.69, 9.17) is 0 Å². The van der Waals surface area contributed by atoms with Gasteiger partial charge in [-0.25, -0.2) is 0 Å². The molecule has 0 bridgehead atoms. The Hall–Kier alpha value is -2.37. The molecule has 1 N–H and O–H groups in total. The third-order valence-corrected chi connectivity index (χ3v) is 6.09. The van der Waals surface area contributed by atoms with Gasteiger partial charge in [0.15, 0.2) is 0 Å². The zero-order valence-electron chi connectivity index (χ0n) is 17.4. The first-order valence-electron chi connectivity index (χ1n) is 11.0. The molecule has 0 radical (unpaired) electrons. The van der Waals surface area contributed by atoms with E-state index in [1.165, 1.54) is 24.2 Å². The highest BCUT2D eigenvalue weighted by atomic mass is 16.2. The van der Waals surface area contributed by atoms with Crippen molar-refractivity contribution in [2.45, 2.75) is 57.9 Å². The molecular formula is C23H33N3O3. The highest BCUT2D eigenvalue weighted by Gasteiger charge is 2.39. The first kappa shape index (κ1) is 21.3. The van der Waals surface area contributed by atoms with Crippen molar-refractivity contribution >= 4 is 17.7 Å². The standard InChI is InChI=1S/C23H33N3O3/c1-2-3-14-25-15-16-26(23(29)22(25)28)20(19-12-8-5-9-13-19)21(27)24-17-18-10-6-4-7-11-18/h5,8-9,12-13,18,20H,2-4,6-7,10-11,14-17H2,1H3,(H,24,27)/t20-/m0/s1. The molecule has 3 rings (SSSR count). The number of rotatable bonds is 8. The minimum absolute atomic E-state index is 0.190. The van der Waals surface area contributed by atoms with Crippen molar-refractivity contribution in [1.29, 1.82) is 0 Å². The van der Waals surface area contributed by atoms with Gasteiger partial charge in [-0.05, 0) is 30.7 Å². The van der Waals surface area contributed by atoms with Crippen LogP contribution >= 0.6 is 0 Å². The van der Waals surface area contributed by atoms with Crippen molar-refractivity contribution in [2.75, 3.05) is 26.2 Å². The van der Waals surface area contributed by atoms with E-state index < -0.39 is 17.9 Å². The van der Waals surface area contributed by atoms with Gasteiger partial charge in [0.05, 0.1) is 0 Å². The number of hydrogen-bond acceptors (Lipinski definition) is 3. The molecule has 0 spiro atoms. The van der Waals surface area contributed by atoms with Crippen molar-refractivity contribution in [3.05, 3.63) is 35.9 Å². The van der Waals surface area contributed by atoms with Crippen LogP contribution in [-0.4, -0.2) is 53.7 Å². The van der Waals surface area contributed by atoms with Crippen molar-refractivity contribution in [3.8, 4) is 0 Å². The fourth-order valence-electron chi connectivity index (χ4n) is 4.34. The normalized spacial score (nSPS) is 19.3. The molecule has 29 heavy (non-hydrogen) atoms. The molecule has 2 fully saturated rings. The maximum atomic E-state index is 13.2. The number of hydrogen-bond donors (Lipinski definition) is 1. The number of nitrogens with one attached hydrogen (secondary N) is 1. The third kappa shape index (κ3) is 5.37. The van der Waals surface area contributed by atoms with Gasteiger partial charge in [-0.15, -0.1) is 0 Å². The van der Waals surface area contributed by atoms with Gasteiger partial charge in [-0.1, -0.05) is 62.9 Å². The summed E-state index contributed by atoms with van der Waals surface area (Å²) < 4.78 is 0. The summed E-state index contributed by atoms with van der Waals surface area (Å²) in [5, 5.41) is 3.07. The Morgan fingerprint density at radius 2 is 1.79 bits per heavy atom. The number of unbranched alkanes of at least 4 members (excludes halogenated alkanes) is 1. The summed E-state index contributed by atoms with van der Waals surface area (Å²) in [6.07, 6.45) is 7.84. The third-order valence-electron chi connectivity index (χ3n) is 6.09. The number of benzene rings is 1. The molecular weight excluding hydrogens is 366 g/mol. The molecule has 1 atom stereocenters. The van der Waals surface area contributed by atoms with Gasteiger partial charge in [0, 0.05) is 26.2 Å². The number of piperazine rings is 1. The molecule has 1 aromatic carbocycles. The second-order valence-electron chi connectivity index (χ2n) is 8.21. The lowest BCUT2D eigenvalue weighted by Crippen LogP contribution is -2.57. The Kier molecular flexibility index (Phi) is 7.67. The molecule has 6 heteroatoms. The van der Waals surface area contributed by atoms with Gasteiger partial charge in [0.25, 0.3) is 0 Å². The highest BCUT2D eigenvalue weighted by Crippen LogP contribution is 2.26. The van der Waals surface area contributed by atoms with E-state index >= 15 is 0 Å². The first-order valence-corrected chi connectivity index (χ1v) is 11.0. The van der Waals surface area contributed by atoms with E-state index in [2.05, 4.69) is 12.2 Å². The fourth-order valence-corrected chi connectivity index (χ4v) is 4.34. The van der Waals surface area contributed by atoms with Crippen molar-refractivity contribution in [2.24, 2.45) is 5.92 Å². The van der Waals surface area contributed by atoms with Crippen LogP contribution in [0.2, 0.25) is 0 Å². The van der Waals surface area contributed by atoms with E-state index in [1.807, 2.05) is 30.3 Å². The molecule has 0 aromatic heterocycles. The average molecular weight is 400 g/mol. The van der Waals surface area contributed by atoms with E-state index in [0.29, 0.717) is 32.1 Å². The van der Waals surface area contributed by atoms with Crippen LogP contribution in [0.3, 0.4) is 0 Å². The van der Waals surface area contributed by atoms with Crippen LogP contribution in [0.25, 0.3) is 0 Å². The largest absolute Gasteiger partial charge is 0.354 e. The van der Waals surface area contributed by atoms with Crippen molar-refractivity contribution < 1.29 is 14.4 Å². The molecule has 3 amide bonds. The summed E-state index contributed by atoms with van der Waals surface area (Å²) in [5.74, 6) is -0.753. The molecule has 2 aliphatic rings. The Morgan fingerprint density at radius 1 is 1.07 bits per heavy atom. The highest BCUT2D eigenvalue weighted by molar-refractivity contribution is 6.35. The SMILES string of the molecule is CCCCN1CCN([C@H](C(=O)NCC2CCCCC2)c2ccccc2)C(=O)C1=O. The van der Waals surface area contributed by atoms with Gasteiger partial charge in [0.1, 0.15) is 6.04 Å². The molecule has 1 aliphatic carbocycles. The molecule has 1 aliphatic heterocycles. The van der Waals surface area contributed by atoms with Crippen molar-refractivity contribution in [1.82, 2.24) is 15.1 Å². The maximum Gasteiger partial charge on any atom is 0.313 e. The molecule has 158 valence electrons. The lowest BCUT2D eigenvalue weighted by molar-refractivity contribution is -0.159. The number of carbonyl (C=O) groups excluding carboxylic acids is 3. The quantitative estimate of drug-likeness (QED) is 0.684. The minimum Gasteiger partial charge on any atom is -0.354 e. The summed E-state index contributed by atoms with van der Waals surface area (Å²) >= 11 is 0. The van der Waals surface area contributed by atoms with Crippen LogP contribution in [0, 0.1) is 5.92 Å². The Morgan fingerprint density at radius 3 is 2.48 bits per heavy atom. The second kappa shape index (κ2) is 10.4. The Labute approximate surface area is 173 Å². The van der Waals surface area contributed by atoms with Crippen LogP contribution in [0.15, 0.2) is 30.3 Å². The van der Waals surface area contributed by atoms with E-state index in [-0.39, 0.29) is 5.91 Å². The van der Waals surface area contributed by atoms with Crippen LogP contribution in [0.4, 0.5) is 0 Å². The molecule has 0 unspecified atom stereocenters. The van der Waals surface area contributed by atoms with E-state index in [0.717, 1.165) is 31.2 Å². The van der Waals surface area contributed by atoms with E-state index in [9.17, 15) is 14.4 Å². The summed E-state index contributed by atoms with van der Waals surface area (Å²) in [7, 11) is 0. The maximum absolute atomic E-state index is 13.2. The second-order valence-corrected chi connectivity index (χ2v) is 8.21. The lowest BCUT2D eigenvalue weighted by atomic mass is 9.89. The first-order chi connectivity index (χ1) is 14.1. The van der Waals surface area contributed by atoms with Crippen LogP contribution in [-0.2, 0) is 14.4 Å². The average Bonchev–Trinajstić information content (AvgIpc) is 2.76. The zero-order chi connectivity index (χ0) is 20.6. The fraction of sp³-hybridized carbons (Fsp3) is 0.609. The zero-order valence-corrected chi connectivity index (χ0v) is 17.4. The van der Waals surface area contributed by atoms with Crippen LogP contribution in [0.1, 0.15) is 63.5 Å². The van der Waals surface area contributed by atoms with Gasteiger partial charge in [-0.2, -0.15) is 0 Å². The number of amides is 3. The molecule has 6 nitrogen and oxygen atoms in total. The topological polar surface area (TPSA) is 69.7 Å². The number of carbonyl (C=O) groups is 3. The Balaban J connectivity index is 1.73. The monoisotopic (exact) mass is 399 g/mol. The van der Waals surface area contributed by atoms with Gasteiger partial charge >= 0.3 is 11.8 Å². The summed E-state index contributed by atoms with van der Waals surface area (Å²) in [4.78, 5) is 41.7. The molecule has 1 heterocycles. The minimum atomic E-state index is -0.760. The molecule has 1 saturated heterocycles. The summed E-state index contributed by atoms with van der Waals surface area (Å²) in [6, 6.07) is 8.56. The van der Waals surface area contributed by atoms with Crippen LogP contribution < -0.4 is 5.32 Å². The van der Waals surface area contributed by atoms with Crippen molar-refractivity contribution in [3.63, 3.8) is 0 Å². The summed E-state index contributed by atoms with van der Waals surface area (Å²) in [5.41, 5.74) is 0.747. The van der Waals surface area contributed by atoms with Gasteiger partial charge in [0.2, 0.25) is 5.91 Å². The van der Waals surface area contributed by atoms with Crippen LogP contribution in [0.5, 0.6) is 0 Å². The predicted molar refractivity (Wildman–Crippen MR) is 112 cm³/mol. The summed E-state index contributed by atoms with van der Waals surface area (Å²) in [6.45, 7) is 4.15. The van der Waals surface area contributed by atoms with E-state index in [1.54, 1.807) is 4.90 Å². The van der Waals surface area contributed by atoms with Gasteiger partial charge < -0.3 is 15.1 Å². The lowest BCUT2D eigenvalue weighted by Gasteiger charge is -2.38. The smallest absolute Gasteiger partial charge is 0.313 e. The Bertz CT molecular complexity index is 701.